The summed E-state index contributed by atoms with van der Waals surface area (Å²) in [4.78, 5) is 27.0. The number of anilines is 1. The molecule has 1 heterocycles. The van der Waals surface area contributed by atoms with Gasteiger partial charge in [0.05, 0.1) is 19.0 Å². The average molecular weight is 291 g/mol. The second kappa shape index (κ2) is 6.56. The molecule has 0 atom stereocenters. The summed E-state index contributed by atoms with van der Waals surface area (Å²) in [5.74, 6) is -0.807. The molecule has 0 bridgehead atoms. The van der Waals surface area contributed by atoms with Crippen LogP contribution in [0.4, 0.5) is 5.69 Å². The van der Waals surface area contributed by atoms with E-state index in [2.05, 4.69) is 10.3 Å². The van der Waals surface area contributed by atoms with E-state index in [4.69, 9.17) is 4.74 Å². The van der Waals surface area contributed by atoms with Crippen LogP contribution >= 0.6 is 0 Å². The van der Waals surface area contributed by atoms with Gasteiger partial charge in [-0.1, -0.05) is 12.8 Å². The van der Waals surface area contributed by atoms with Gasteiger partial charge in [0, 0.05) is 18.5 Å². The molecule has 1 N–H and O–H groups in total. The van der Waals surface area contributed by atoms with Gasteiger partial charge < -0.3 is 20.0 Å². The van der Waals surface area contributed by atoms with Gasteiger partial charge in [-0.2, -0.15) is 0 Å². The number of carbonyl (C=O) groups is 2. The van der Waals surface area contributed by atoms with Crippen molar-refractivity contribution in [3.8, 4) is 5.88 Å². The van der Waals surface area contributed by atoms with Crippen LogP contribution in [0.5, 0.6) is 5.88 Å². The van der Waals surface area contributed by atoms with Gasteiger partial charge in [-0.05, 0) is 30.7 Å². The Morgan fingerprint density at radius 1 is 1.33 bits per heavy atom. The van der Waals surface area contributed by atoms with E-state index in [-0.39, 0.29) is 18.7 Å². The first kappa shape index (κ1) is 15.3. The highest BCUT2D eigenvalue weighted by molar-refractivity contribution is 5.91. The highest BCUT2D eigenvalue weighted by Crippen LogP contribution is 2.44. The smallest absolute Gasteiger partial charge is 0.224 e. The highest BCUT2D eigenvalue weighted by Gasteiger charge is 2.36. The number of nitrogens with zero attached hydrogens (tertiary/aromatic N) is 1. The summed E-state index contributed by atoms with van der Waals surface area (Å²) in [5, 5.41) is 13.7. The van der Waals surface area contributed by atoms with Crippen molar-refractivity contribution in [3.63, 3.8) is 0 Å². The van der Waals surface area contributed by atoms with E-state index in [9.17, 15) is 14.7 Å². The van der Waals surface area contributed by atoms with Gasteiger partial charge in [0.25, 0.3) is 0 Å². The van der Waals surface area contributed by atoms with Crippen LogP contribution in [0.25, 0.3) is 0 Å². The fourth-order valence-electron chi connectivity index (χ4n) is 2.97. The summed E-state index contributed by atoms with van der Waals surface area (Å²) in [6.45, 7) is 0. The van der Waals surface area contributed by atoms with Crippen LogP contribution in [0, 0.1) is 5.41 Å². The number of aliphatic carboxylic acids is 1. The van der Waals surface area contributed by atoms with Crippen molar-refractivity contribution in [1.82, 2.24) is 4.98 Å². The maximum atomic E-state index is 12.1. The molecule has 0 radical (unpaired) electrons. The Balaban J connectivity index is 1.97. The molecule has 1 amide bonds. The van der Waals surface area contributed by atoms with Crippen molar-refractivity contribution in [2.24, 2.45) is 5.41 Å². The first-order valence-electron chi connectivity index (χ1n) is 7.03. The highest BCUT2D eigenvalue weighted by atomic mass is 16.5. The molecule has 1 aliphatic rings. The van der Waals surface area contributed by atoms with Crippen LogP contribution < -0.4 is 15.2 Å². The Kier molecular flexibility index (Phi) is 4.77. The Morgan fingerprint density at radius 3 is 2.57 bits per heavy atom. The Bertz CT molecular complexity index is 507. The summed E-state index contributed by atoms with van der Waals surface area (Å²) >= 11 is 0. The fraction of sp³-hybridized carbons (Fsp3) is 0.533. The summed E-state index contributed by atoms with van der Waals surface area (Å²) < 4.78 is 4.95. The number of nitrogens with one attached hydrogen (secondary N) is 1. The minimum atomic E-state index is -1.09. The van der Waals surface area contributed by atoms with Gasteiger partial charge in [-0.15, -0.1) is 0 Å². The third-order valence-electron chi connectivity index (χ3n) is 3.95. The average Bonchev–Trinajstić information content (AvgIpc) is 2.86. The van der Waals surface area contributed by atoms with Gasteiger partial charge in [-0.3, -0.25) is 4.79 Å². The SMILES string of the molecule is COc1ccc(NC(=O)CC2(CC(=O)[O-])CCCC2)cn1. The number of carboxylic acids is 1. The Morgan fingerprint density at radius 2 is 2.05 bits per heavy atom. The maximum absolute atomic E-state index is 12.1. The van der Waals surface area contributed by atoms with Crippen molar-refractivity contribution in [1.29, 1.82) is 0 Å². The zero-order chi connectivity index (χ0) is 15.3. The number of ether oxygens (including phenoxy) is 1. The second-order valence-electron chi connectivity index (χ2n) is 5.57. The maximum Gasteiger partial charge on any atom is 0.224 e. The summed E-state index contributed by atoms with van der Waals surface area (Å²) in [6.07, 6.45) is 5.10. The Labute approximate surface area is 123 Å². The summed E-state index contributed by atoms with van der Waals surface area (Å²) in [7, 11) is 1.52. The molecule has 0 aromatic carbocycles. The van der Waals surface area contributed by atoms with Crippen LogP contribution in [0.2, 0.25) is 0 Å². The van der Waals surface area contributed by atoms with Gasteiger partial charge in [0.1, 0.15) is 0 Å². The fourth-order valence-corrected chi connectivity index (χ4v) is 2.97. The predicted molar refractivity (Wildman–Crippen MR) is 74.6 cm³/mol. The minimum absolute atomic E-state index is 0.0543. The quantitative estimate of drug-likeness (QED) is 0.848. The van der Waals surface area contributed by atoms with Gasteiger partial charge in [0.2, 0.25) is 11.8 Å². The molecular weight excluding hydrogens is 272 g/mol. The van der Waals surface area contributed by atoms with E-state index >= 15 is 0 Å². The molecule has 2 rings (SSSR count). The molecule has 0 spiro atoms. The van der Waals surface area contributed by atoms with Crippen LogP contribution in [0.3, 0.4) is 0 Å². The second-order valence-corrected chi connectivity index (χ2v) is 5.57. The Hall–Kier alpha value is -2.11. The zero-order valence-corrected chi connectivity index (χ0v) is 12.1. The minimum Gasteiger partial charge on any atom is -0.550 e. The zero-order valence-electron chi connectivity index (χ0n) is 12.1. The molecule has 0 saturated heterocycles. The number of methoxy groups -OCH3 is 1. The molecule has 0 aliphatic heterocycles. The predicted octanol–water partition coefficient (Wildman–Crippen LogP) is 1.12. The van der Waals surface area contributed by atoms with E-state index in [0.29, 0.717) is 11.6 Å². The first-order valence-corrected chi connectivity index (χ1v) is 7.03. The molecule has 21 heavy (non-hydrogen) atoms. The topological polar surface area (TPSA) is 91.3 Å². The normalized spacial score (nSPS) is 16.4. The van der Waals surface area contributed by atoms with Crippen LogP contribution in [-0.2, 0) is 9.59 Å². The van der Waals surface area contributed by atoms with Crippen LogP contribution in [0.1, 0.15) is 38.5 Å². The van der Waals surface area contributed by atoms with Crippen LogP contribution in [0.15, 0.2) is 18.3 Å². The molecule has 1 aliphatic carbocycles. The summed E-state index contributed by atoms with van der Waals surface area (Å²) in [6, 6.07) is 3.35. The lowest BCUT2D eigenvalue weighted by molar-refractivity contribution is -0.308. The lowest BCUT2D eigenvalue weighted by Crippen LogP contribution is -2.33. The molecule has 0 unspecified atom stereocenters. The standard InChI is InChI=1S/C15H20N2O4/c1-21-13-5-4-11(10-16-13)17-12(18)8-15(9-14(19)20)6-2-3-7-15/h4-5,10H,2-3,6-9H2,1H3,(H,17,18)(H,19,20)/p-1. The number of aromatic nitrogens is 1. The number of hydrogen-bond donors (Lipinski definition) is 1. The van der Waals surface area contributed by atoms with Gasteiger partial charge in [-0.25, -0.2) is 4.98 Å². The van der Waals surface area contributed by atoms with Crippen molar-refractivity contribution in [2.45, 2.75) is 38.5 Å². The van der Waals surface area contributed by atoms with Crippen molar-refractivity contribution in [2.75, 3.05) is 12.4 Å². The van der Waals surface area contributed by atoms with E-state index in [1.54, 1.807) is 12.1 Å². The molecule has 1 saturated carbocycles. The van der Waals surface area contributed by atoms with Gasteiger partial charge >= 0.3 is 0 Å². The molecule has 1 aromatic rings. The van der Waals surface area contributed by atoms with Crippen molar-refractivity contribution < 1.29 is 19.4 Å². The van der Waals surface area contributed by atoms with E-state index in [0.717, 1.165) is 25.7 Å². The molecule has 1 aromatic heterocycles. The lowest BCUT2D eigenvalue weighted by Gasteiger charge is -2.28. The lowest BCUT2D eigenvalue weighted by atomic mass is 9.79. The number of pyridine rings is 1. The number of carboxylic acid groups (broad SMARTS) is 1. The number of hydrogen-bond acceptors (Lipinski definition) is 5. The largest absolute Gasteiger partial charge is 0.550 e. The first-order chi connectivity index (χ1) is 10.0. The molecule has 6 nitrogen and oxygen atoms in total. The molecule has 1 fully saturated rings. The van der Waals surface area contributed by atoms with E-state index in [1.165, 1.54) is 13.3 Å². The number of carbonyl (C=O) groups excluding carboxylic acids is 2. The van der Waals surface area contributed by atoms with E-state index < -0.39 is 11.4 Å². The van der Waals surface area contributed by atoms with Crippen LogP contribution in [-0.4, -0.2) is 24.0 Å². The summed E-state index contributed by atoms with van der Waals surface area (Å²) in [5.41, 5.74) is 0.116. The third kappa shape index (κ3) is 4.18. The third-order valence-corrected chi connectivity index (χ3v) is 3.95. The van der Waals surface area contributed by atoms with Gasteiger partial charge in [0.15, 0.2) is 0 Å². The number of amides is 1. The number of rotatable bonds is 6. The molecular formula is C15H19N2O4-. The van der Waals surface area contributed by atoms with Crippen molar-refractivity contribution >= 4 is 17.6 Å². The molecule has 114 valence electrons. The molecule has 6 heteroatoms. The van der Waals surface area contributed by atoms with E-state index in [1.807, 2.05) is 0 Å². The van der Waals surface area contributed by atoms with Crippen molar-refractivity contribution in [3.05, 3.63) is 18.3 Å². The monoisotopic (exact) mass is 291 g/mol.